The van der Waals surface area contributed by atoms with Crippen molar-refractivity contribution >= 4 is 18.0 Å². The molecule has 0 radical (unpaired) electrons. The van der Waals surface area contributed by atoms with Gasteiger partial charge in [-0.3, -0.25) is 5.41 Å². The van der Waals surface area contributed by atoms with E-state index in [1.165, 1.54) is 11.1 Å². The molecule has 2 aromatic rings. The van der Waals surface area contributed by atoms with Crippen LogP contribution >= 0.6 is 0 Å². The Morgan fingerprint density at radius 1 is 1.04 bits per heavy atom. The number of ether oxygens (including phenoxy) is 1. The molecule has 1 N–H and O–H groups in total. The maximum atomic E-state index is 8.06. The molecule has 0 saturated heterocycles. The van der Waals surface area contributed by atoms with Crippen LogP contribution < -0.4 is 0 Å². The summed E-state index contributed by atoms with van der Waals surface area (Å²) >= 11 is 0. The maximum absolute atomic E-state index is 8.06. The minimum Gasteiger partial charge on any atom is -0.481 e. The third kappa shape index (κ3) is 5.41. The highest BCUT2D eigenvalue weighted by atomic mass is 16.5. The van der Waals surface area contributed by atoms with E-state index < -0.39 is 0 Å². The van der Waals surface area contributed by atoms with Crippen molar-refractivity contribution in [1.82, 2.24) is 0 Å². The van der Waals surface area contributed by atoms with Gasteiger partial charge in [0.15, 0.2) is 5.90 Å². The minimum atomic E-state index is 0.336. The molecular weight excluding hydrogens is 282 g/mol. The summed E-state index contributed by atoms with van der Waals surface area (Å²) in [5.41, 5.74) is 4.67. The Hall–Kier alpha value is -2.35. The van der Waals surface area contributed by atoms with Gasteiger partial charge in [0, 0.05) is 6.42 Å². The normalized spacial score (nSPS) is 11.1. The van der Waals surface area contributed by atoms with Crippen molar-refractivity contribution in [2.24, 2.45) is 5.92 Å². The van der Waals surface area contributed by atoms with Crippen LogP contribution in [0.1, 0.15) is 36.1 Å². The summed E-state index contributed by atoms with van der Waals surface area (Å²) in [6.07, 6.45) is 4.76. The van der Waals surface area contributed by atoms with Gasteiger partial charge in [-0.2, -0.15) is 0 Å². The first kappa shape index (κ1) is 17.0. The Balaban J connectivity index is 2.16. The zero-order valence-electron chi connectivity index (χ0n) is 14.2. The third-order valence-corrected chi connectivity index (χ3v) is 3.63. The van der Waals surface area contributed by atoms with Crippen molar-refractivity contribution in [1.29, 1.82) is 5.41 Å². The highest BCUT2D eigenvalue weighted by Gasteiger charge is 2.08. The van der Waals surface area contributed by atoms with Crippen molar-refractivity contribution in [3.8, 4) is 0 Å². The van der Waals surface area contributed by atoms with Crippen LogP contribution in [0.15, 0.2) is 48.5 Å². The van der Waals surface area contributed by atoms with Crippen molar-refractivity contribution in [2.75, 3.05) is 6.61 Å². The Bertz CT molecular complexity index is 671. The molecule has 0 spiro atoms. The third-order valence-electron chi connectivity index (χ3n) is 3.63. The van der Waals surface area contributed by atoms with Crippen LogP contribution in [0.4, 0.5) is 0 Å². The molecule has 0 amide bonds. The molecule has 0 aromatic heterocycles. The van der Waals surface area contributed by atoms with E-state index in [-0.39, 0.29) is 0 Å². The summed E-state index contributed by atoms with van der Waals surface area (Å²) in [4.78, 5) is 0. The smallest absolute Gasteiger partial charge is 0.184 e. The highest BCUT2D eigenvalue weighted by molar-refractivity contribution is 5.79. The fourth-order valence-corrected chi connectivity index (χ4v) is 2.35. The molecular formula is C21H25NO. The van der Waals surface area contributed by atoms with Gasteiger partial charge in [0.1, 0.15) is 0 Å². The van der Waals surface area contributed by atoms with Crippen molar-refractivity contribution in [3.05, 3.63) is 70.8 Å². The quantitative estimate of drug-likeness (QED) is 0.435. The van der Waals surface area contributed by atoms with Crippen LogP contribution in [-0.2, 0) is 11.2 Å². The monoisotopic (exact) mass is 307 g/mol. The van der Waals surface area contributed by atoms with Crippen molar-refractivity contribution < 1.29 is 4.74 Å². The minimum absolute atomic E-state index is 0.336. The summed E-state index contributed by atoms with van der Waals surface area (Å²) in [6, 6.07) is 16.5. The molecule has 2 aromatic carbocycles. The maximum Gasteiger partial charge on any atom is 0.184 e. The number of nitrogens with one attached hydrogen (secondary N) is 1. The van der Waals surface area contributed by atoms with E-state index in [9.17, 15) is 0 Å². The molecule has 0 unspecified atom stereocenters. The van der Waals surface area contributed by atoms with Crippen LogP contribution in [0.25, 0.3) is 12.2 Å². The molecule has 0 saturated carbocycles. The fourth-order valence-electron chi connectivity index (χ4n) is 2.35. The second kappa shape index (κ2) is 8.33. The Morgan fingerprint density at radius 3 is 2.48 bits per heavy atom. The van der Waals surface area contributed by atoms with Crippen LogP contribution in [0, 0.1) is 18.3 Å². The molecule has 23 heavy (non-hydrogen) atoms. The van der Waals surface area contributed by atoms with Crippen LogP contribution in [0.5, 0.6) is 0 Å². The molecule has 120 valence electrons. The predicted octanol–water partition coefficient (Wildman–Crippen LogP) is 5.36. The number of hydrogen-bond donors (Lipinski definition) is 1. The van der Waals surface area contributed by atoms with E-state index in [0.29, 0.717) is 24.8 Å². The lowest BCUT2D eigenvalue weighted by Crippen LogP contribution is -2.12. The summed E-state index contributed by atoms with van der Waals surface area (Å²) in [5, 5.41) is 8.06. The molecule has 2 nitrogen and oxygen atoms in total. The fraction of sp³-hybridized carbons (Fsp3) is 0.286. The van der Waals surface area contributed by atoms with Crippen LogP contribution in [-0.4, -0.2) is 12.5 Å². The van der Waals surface area contributed by atoms with E-state index >= 15 is 0 Å². The predicted molar refractivity (Wildman–Crippen MR) is 98.8 cm³/mol. The lowest BCUT2D eigenvalue weighted by atomic mass is 9.98. The average molecular weight is 307 g/mol. The molecule has 0 aliphatic carbocycles. The summed E-state index contributed by atoms with van der Waals surface area (Å²) in [6.45, 7) is 6.87. The van der Waals surface area contributed by atoms with Crippen molar-refractivity contribution in [2.45, 2.75) is 27.2 Å². The molecule has 0 atom stereocenters. The molecule has 0 heterocycles. The lowest BCUT2D eigenvalue weighted by Gasteiger charge is -2.13. The standard InChI is InChI=1S/C21H25NO/c1-16(2)15-23-21(22)14-20-17(3)8-7-11-19(20)13-12-18-9-5-4-6-10-18/h4-13,16,22H,14-15H2,1-3H3/b13-12+,22-21?. The molecule has 2 heteroatoms. The summed E-state index contributed by atoms with van der Waals surface area (Å²) in [7, 11) is 0. The van der Waals surface area contributed by atoms with E-state index in [2.05, 4.69) is 63.3 Å². The van der Waals surface area contributed by atoms with Gasteiger partial charge in [-0.15, -0.1) is 0 Å². The number of aryl methyl sites for hydroxylation is 1. The van der Waals surface area contributed by atoms with E-state index in [0.717, 1.165) is 11.1 Å². The van der Waals surface area contributed by atoms with Gasteiger partial charge in [0.05, 0.1) is 6.61 Å². The van der Waals surface area contributed by atoms with Crippen LogP contribution in [0.3, 0.4) is 0 Å². The molecule has 0 bridgehead atoms. The molecule has 0 aliphatic heterocycles. The Labute approximate surface area is 139 Å². The van der Waals surface area contributed by atoms with Gasteiger partial charge < -0.3 is 4.74 Å². The van der Waals surface area contributed by atoms with E-state index in [1.54, 1.807) is 0 Å². The van der Waals surface area contributed by atoms with E-state index in [1.807, 2.05) is 18.2 Å². The Morgan fingerprint density at radius 2 is 1.78 bits per heavy atom. The first-order valence-corrected chi connectivity index (χ1v) is 8.08. The molecule has 2 rings (SSSR count). The highest BCUT2D eigenvalue weighted by Crippen LogP contribution is 2.19. The summed E-state index contributed by atoms with van der Waals surface area (Å²) in [5.74, 6) is 0.770. The van der Waals surface area contributed by atoms with Crippen LogP contribution in [0.2, 0.25) is 0 Å². The second-order valence-electron chi connectivity index (χ2n) is 6.19. The SMILES string of the molecule is Cc1cccc(/C=C/c2ccccc2)c1CC(=N)OCC(C)C. The zero-order valence-corrected chi connectivity index (χ0v) is 14.2. The van der Waals surface area contributed by atoms with Gasteiger partial charge in [-0.25, -0.2) is 0 Å². The van der Waals surface area contributed by atoms with Gasteiger partial charge in [0.2, 0.25) is 0 Å². The number of benzene rings is 2. The first-order chi connectivity index (χ1) is 11.1. The summed E-state index contributed by atoms with van der Waals surface area (Å²) < 4.78 is 5.54. The van der Waals surface area contributed by atoms with Crippen molar-refractivity contribution in [3.63, 3.8) is 0 Å². The van der Waals surface area contributed by atoms with Gasteiger partial charge in [-0.05, 0) is 35.1 Å². The lowest BCUT2D eigenvalue weighted by molar-refractivity contribution is 0.251. The van der Waals surface area contributed by atoms with Gasteiger partial charge in [0.25, 0.3) is 0 Å². The van der Waals surface area contributed by atoms with E-state index in [4.69, 9.17) is 10.1 Å². The first-order valence-electron chi connectivity index (χ1n) is 8.08. The molecule has 0 aliphatic rings. The largest absolute Gasteiger partial charge is 0.481 e. The second-order valence-corrected chi connectivity index (χ2v) is 6.19. The average Bonchev–Trinajstić information content (AvgIpc) is 2.54. The topological polar surface area (TPSA) is 33.1 Å². The number of hydrogen-bond acceptors (Lipinski definition) is 2. The zero-order chi connectivity index (χ0) is 16.7. The Kier molecular flexibility index (Phi) is 6.16. The van der Waals surface area contributed by atoms with Gasteiger partial charge in [-0.1, -0.05) is 74.5 Å². The van der Waals surface area contributed by atoms with Gasteiger partial charge >= 0.3 is 0 Å². The number of rotatable bonds is 6. The molecule has 0 fully saturated rings.